The molecule has 1 aliphatic heterocycles. The third kappa shape index (κ3) is 2.97. The summed E-state index contributed by atoms with van der Waals surface area (Å²) < 4.78 is 11.0. The molecule has 0 amide bonds. The molecule has 1 rings (SSSR count). The molecule has 0 aromatic heterocycles. The molecule has 0 radical (unpaired) electrons. The van der Waals surface area contributed by atoms with Crippen LogP contribution >= 0.6 is 0 Å². The molecule has 4 heteroatoms. The van der Waals surface area contributed by atoms with Gasteiger partial charge in [-0.2, -0.15) is 0 Å². The van der Waals surface area contributed by atoms with E-state index in [0.29, 0.717) is 13.0 Å². The van der Waals surface area contributed by atoms with Crippen LogP contribution in [0, 0.1) is 0 Å². The lowest BCUT2D eigenvalue weighted by Gasteiger charge is -2.24. The van der Waals surface area contributed by atoms with Crippen LogP contribution in [0.3, 0.4) is 0 Å². The molecule has 1 N–H and O–H groups in total. The lowest BCUT2D eigenvalue weighted by Crippen LogP contribution is -2.31. The van der Waals surface area contributed by atoms with E-state index in [0.717, 1.165) is 0 Å². The molecule has 76 valence electrons. The Morgan fingerprint density at radius 3 is 2.46 bits per heavy atom. The Morgan fingerprint density at radius 2 is 2.08 bits per heavy atom. The van der Waals surface area contributed by atoms with Gasteiger partial charge in [-0.3, -0.25) is 4.79 Å². The first-order valence-electron chi connectivity index (χ1n) is 4.39. The van der Waals surface area contributed by atoms with Gasteiger partial charge in [0, 0.05) is 6.42 Å². The van der Waals surface area contributed by atoms with Gasteiger partial charge in [0.15, 0.2) is 5.79 Å². The summed E-state index contributed by atoms with van der Waals surface area (Å²) in [5, 5.41) is 8.52. The molecule has 0 saturated carbocycles. The maximum Gasteiger partial charge on any atom is 0.303 e. The van der Waals surface area contributed by atoms with Crippen molar-refractivity contribution >= 4 is 5.97 Å². The number of carboxylic acids is 1. The van der Waals surface area contributed by atoms with Crippen molar-refractivity contribution in [1.82, 2.24) is 0 Å². The first-order valence-corrected chi connectivity index (χ1v) is 4.39. The van der Waals surface area contributed by atoms with E-state index < -0.39 is 17.4 Å². The van der Waals surface area contributed by atoms with E-state index in [1.54, 1.807) is 0 Å². The lowest BCUT2D eigenvalue weighted by molar-refractivity contribution is -0.161. The van der Waals surface area contributed by atoms with Crippen LogP contribution in [0.4, 0.5) is 0 Å². The van der Waals surface area contributed by atoms with Crippen molar-refractivity contribution in [3.63, 3.8) is 0 Å². The number of rotatable bonds is 3. The zero-order valence-electron chi connectivity index (χ0n) is 8.29. The van der Waals surface area contributed by atoms with Crippen molar-refractivity contribution in [2.45, 2.75) is 45.0 Å². The van der Waals surface area contributed by atoms with Gasteiger partial charge >= 0.3 is 5.97 Å². The summed E-state index contributed by atoms with van der Waals surface area (Å²) >= 11 is 0. The zero-order valence-corrected chi connectivity index (χ0v) is 8.29. The highest BCUT2D eigenvalue weighted by molar-refractivity contribution is 5.66. The standard InChI is InChI=1S/C9H16O4/c1-8(2)12-6-9(3,13-8)5-4-7(10)11/h4-6H2,1-3H3,(H,10,11). The topological polar surface area (TPSA) is 55.8 Å². The number of carboxylic acid groups (broad SMARTS) is 1. The Hall–Kier alpha value is -0.610. The normalized spacial score (nSPS) is 31.9. The summed E-state index contributed by atoms with van der Waals surface area (Å²) in [7, 11) is 0. The summed E-state index contributed by atoms with van der Waals surface area (Å²) in [5.41, 5.74) is -0.443. The first-order chi connectivity index (χ1) is 5.83. The highest BCUT2D eigenvalue weighted by atomic mass is 16.7. The molecule has 13 heavy (non-hydrogen) atoms. The summed E-state index contributed by atoms with van der Waals surface area (Å²) in [4.78, 5) is 10.4. The van der Waals surface area contributed by atoms with Gasteiger partial charge in [-0.25, -0.2) is 0 Å². The minimum atomic E-state index is -0.797. The number of aliphatic carboxylic acids is 1. The van der Waals surface area contributed by atoms with E-state index in [9.17, 15) is 4.79 Å². The van der Waals surface area contributed by atoms with Crippen LogP contribution in [0.1, 0.15) is 33.6 Å². The van der Waals surface area contributed by atoms with E-state index >= 15 is 0 Å². The van der Waals surface area contributed by atoms with Crippen molar-refractivity contribution in [3.05, 3.63) is 0 Å². The molecule has 1 atom stereocenters. The molecule has 4 nitrogen and oxygen atoms in total. The van der Waals surface area contributed by atoms with Crippen molar-refractivity contribution < 1.29 is 19.4 Å². The van der Waals surface area contributed by atoms with Gasteiger partial charge in [-0.1, -0.05) is 0 Å². The summed E-state index contributed by atoms with van der Waals surface area (Å²) in [5.74, 6) is -1.37. The fraction of sp³-hybridized carbons (Fsp3) is 0.889. The monoisotopic (exact) mass is 188 g/mol. The second kappa shape index (κ2) is 3.27. The van der Waals surface area contributed by atoms with Crippen LogP contribution < -0.4 is 0 Å². The molecule has 1 unspecified atom stereocenters. The van der Waals surface area contributed by atoms with Crippen molar-refractivity contribution in [2.24, 2.45) is 0 Å². The van der Waals surface area contributed by atoms with Gasteiger partial charge in [-0.05, 0) is 27.2 Å². The minimum Gasteiger partial charge on any atom is -0.481 e. The van der Waals surface area contributed by atoms with Crippen LogP contribution in [0.2, 0.25) is 0 Å². The Kier molecular flexibility index (Phi) is 2.63. The largest absolute Gasteiger partial charge is 0.481 e. The molecule has 1 heterocycles. The van der Waals surface area contributed by atoms with Gasteiger partial charge in [0.05, 0.1) is 12.2 Å². The third-order valence-corrected chi connectivity index (χ3v) is 2.08. The molecule has 0 spiro atoms. The quantitative estimate of drug-likeness (QED) is 0.727. The zero-order chi connectivity index (χ0) is 10.1. The van der Waals surface area contributed by atoms with Gasteiger partial charge in [0.25, 0.3) is 0 Å². The molecule has 0 aromatic carbocycles. The van der Waals surface area contributed by atoms with Gasteiger partial charge < -0.3 is 14.6 Å². The maximum atomic E-state index is 10.4. The molecule has 1 saturated heterocycles. The van der Waals surface area contributed by atoms with E-state index in [-0.39, 0.29) is 6.42 Å². The molecule has 0 bridgehead atoms. The fourth-order valence-electron chi connectivity index (χ4n) is 1.47. The van der Waals surface area contributed by atoms with Crippen LogP contribution in [-0.4, -0.2) is 29.1 Å². The van der Waals surface area contributed by atoms with Crippen molar-refractivity contribution in [1.29, 1.82) is 0 Å². The predicted molar refractivity (Wildman–Crippen MR) is 46.4 cm³/mol. The average Bonchev–Trinajstić information content (AvgIpc) is 2.23. The Balaban J connectivity index is 2.45. The van der Waals surface area contributed by atoms with Crippen LogP contribution in [-0.2, 0) is 14.3 Å². The minimum absolute atomic E-state index is 0.121. The summed E-state index contributed by atoms with van der Waals surface area (Å²) in [6.07, 6.45) is 0.613. The Bertz CT molecular complexity index is 212. The van der Waals surface area contributed by atoms with Crippen LogP contribution in [0.25, 0.3) is 0 Å². The number of carbonyl (C=O) groups is 1. The summed E-state index contributed by atoms with van der Waals surface area (Å²) in [6, 6.07) is 0. The van der Waals surface area contributed by atoms with Crippen LogP contribution in [0.15, 0.2) is 0 Å². The number of hydrogen-bond donors (Lipinski definition) is 1. The van der Waals surface area contributed by atoms with Crippen LogP contribution in [0.5, 0.6) is 0 Å². The van der Waals surface area contributed by atoms with Gasteiger partial charge in [0.2, 0.25) is 0 Å². The predicted octanol–water partition coefficient (Wildman–Crippen LogP) is 1.39. The smallest absolute Gasteiger partial charge is 0.303 e. The molecule has 0 aromatic rings. The van der Waals surface area contributed by atoms with Gasteiger partial charge in [0.1, 0.15) is 0 Å². The maximum absolute atomic E-state index is 10.4. The molecular weight excluding hydrogens is 172 g/mol. The number of hydrogen-bond acceptors (Lipinski definition) is 3. The fourth-order valence-corrected chi connectivity index (χ4v) is 1.47. The van der Waals surface area contributed by atoms with E-state index in [1.165, 1.54) is 0 Å². The second-order valence-electron chi connectivity index (χ2n) is 4.13. The van der Waals surface area contributed by atoms with E-state index in [2.05, 4.69) is 0 Å². The van der Waals surface area contributed by atoms with Crippen molar-refractivity contribution in [2.75, 3.05) is 6.61 Å². The lowest BCUT2D eigenvalue weighted by atomic mass is 10.0. The average molecular weight is 188 g/mol. The van der Waals surface area contributed by atoms with Crippen molar-refractivity contribution in [3.8, 4) is 0 Å². The second-order valence-corrected chi connectivity index (χ2v) is 4.13. The van der Waals surface area contributed by atoms with Gasteiger partial charge in [-0.15, -0.1) is 0 Å². The molecule has 0 aliphatic carbocycles. The Morgan fingerprint density at radius 1 is 1.46 bits per heavy atom. The highest BCUT2D eigenvalue weighted by Crippen LogP contribution is 2.33. The SMILES string of the molecule is CC1(CCC(=O)O)COC(C)(C)O1. The summed E-state index contributed by atoms with van der Waals surface area (Å²) in [6.45, 7) is 6.01. The first kappa shape index (κ1) is 10.5. The Labute approximate surface area is 77.8 Å². The molecule has 1 aliphatic rings. The molecule has 1 fully saturated rings. The number of ether oxygens (including phenoxy) is 2. The highest BCUT2D eigenvalue weighted by Gasteiger charge is 2.41. The van der Waals surface area contributed by atoms with E-state index in [1.807, 2.05) is 20.8 Å². The van der Waals surface area contributed by atoms with E-state index in [4.69, 9.17) is 14.6 Å². The third-order valence-electron chi connectivity index (χ3n) is 2.08. The molecular formula is C9H16O4.